The number of rotatable bonds is 1. The summed E-state index contributed by atoms with van der Waals surface area (Å²) in [6, 6.07) is 0. The molecule has 0 saturated heterocycles. The molecular weight excluding hydrogens is 400 g/mol. The smallest absolute Gasteiger partial charge is 0.332 e. The summed E-state index contributed by atoms with van der Waals surface area (Å²) in [4.78, 5) is 39.2. The van der Waals surface area contributed by atoms with E-state index in [1.807, 2.05) is 6.08 Å². The number of aliphatic hydroxyl groups excluding tert-OH is 1. The van der Waals surface area contributed by atoms with E-state index >= 15 is 0 Å². The van der Waals surface area contributed by atoms with Gasteiger partial charge in [-0.2, -0.15) is 0 Å². The van der Waals surface area contributed by atoms with Crippen molar-refractivity contribution in [2.45, 2.75) is 64.8 Å². The predicted octanol–water partition coefficient (Wildman–Crippen LogP) is 2.02. The Morgan fingerprint density at radius 1 is 1.19 bits per heavy atom. The molecule has 2 bridgehead atoms. The van der Waals surface area contributed by atoms with Gasteiger partial charge in [0.2, 0.25) is 0 Å². The van der Waals surface area contributed by atoms with Gasteiger partial charge in [0.15, 0.2) is 11.2 Å². The van der Waals surface area contributed by atoms with Gasteiger partial charge in [-0.15, -0.1) is 0 Å². The topological polar surface area (TPSA) is 110 Å². The Hall–Kier alpha value is -2.25. The Bertz CT molecular complexity index is 999. The molecule has 1 heterocycles. The molecule has 6 atom stereocenters. The zero-order chi connectivity index (χ0) is 23.4. The van der Waals surface area contributed by atoms with Crippen LogP contribution in [0.15, 0.2) is 35.5 Å². The Labute approximate surface area is 181 Å². The monoisotopic (exact) mass is 430 g/mol. The van der Waals surface area contributed by atoms with Gasteiger partial charge in [0.1, 0.15) is 11.7 Å². The Morgan fingerprint density at radius 3 is 2.39 bits per heavy atom. The quantitative estimate of drug-likeness (QED) is 0.372. The molecule has 2 N–H and O–H groups in total. The van der Waals surface area contributed by atoms with E-state index in [-0.39, 0.29) is 12.8 Å². The summed E-state index contributed by atoms with van der Waals surface area (Å²) in [5.74, 6) is -2.64. The molecule has 2 fully saturated rings. The van der Waals surface area contributed by atoms with E-state index in [0.29, 0.717) is 16.7 Å². The van der Waals surface area contributed by atoms with E-state index < -0.39 is 57.2 Å². The van der Waals surface area contributed by atoms with Gasteiger partial charge < -0.3 is 19.7 Å². The predicted molar refractivity (Wildman–Crippen MR) is 111 cm³/mol. The highest BCUT2D eigenvalue weighted by atomic mass is 16.6. The number of allylic oxidation sites excluding steroid dienone is 1. The van der Waals surface area contributed by atoms with Crippen molar-refractivity contribution in [3.63, 3.8) is 0 Å². The van der Waals surface area contributed by atoms with E-state index in [4.69, 9.17) is 9.47 Å². The highest BCUT2D eigenvalue weighted by molar-refractivity contribution is 6.13. The van der Waals surface area contributed by atoms with Crippen LogP contribution in [-0.2, 0) is 23.9 Å². The van der Waals surface area contributed by atoms with Crippen molar-refractivity contribution < 1.29 is 34.1 Å². The molecule has 7 nitrogen and oxygen atoms in total. The first kappa shape index (κ1) is 22.0. The molecule has 0 radical (unpaired) electrons. The van der Waals surface area contributed by atoms with Crippen LogP contribution in [0.2, 0.25) is 0 Å². The van der Waals surface area contributed by atoms with Crippen molar-refractivity contribution in [3.05, 3.63) is 35.5 Å². The van der Waals surface area contributed by atoms with Crippen LogP contribution in [0.5, 0.6) is 0 Å². The molecule has 0 spiro atoms. The minimum Gasteiger partial charge on any atom is -0.468 e. The number of ether oxygens (including phenoxy) is 2. The van der Waals surface area contributed by atoms with Gasteiger partial charge in [-0.25, -0.2) is 4.79 Å². The number of aliphatic hydroxyl groups is 2. The van der Waals surface area contributed by atoms with Crippen LogP contribution in [0.3, 0.4) is 0 Å². The number of ketones is 1. The van der Waals surface area contributed by atoms with Crippen molar-refractivity contribution in [1.29, 1.82) is 0 Å². The van der Waals surface area contributed by atoms with Crippen LogP contribution in [0.4, 0.5) is 0 Å². The summed E-state index contributed by atoms with van der Waals surface area (Å²) in [7, 11) is 1.21. The maximum atomic E-state index is 13.6. The van der Waals surface area contributed by atoms with Crippen molar-refractivity contribution in [1.82, 2.24) is 0 Å². The molecule has 31 heavy (non-hydrogen) atoms. The van der Waals surface area contributed by atoms with Gasteiger partial charge >= 0.3 is 11.9 Å². The summed E-state index contributed by atoms with van der Waals surface area (Å²) in [5.41, 5.74) is -5.27. The molecule has 1 aliphatic heterocycles. The zero-order valence-corrected chi connectivity index (χ0v) is 18.9. The number of fused-ring (bicyclic) bond motifs is 5. The Kier molecular flexibility index (Phi) is 4.22. The second kappa shape index (κ2) is 5.95. The summed E-state index contributed by atoms with van der Waals surface area (Å²) in [5, 5.41) is 22.9. The average molecular weight is 430 g/mol. The number of hydrogen-bond acceptors (Lipinski definition) is 7. The average Bonchev–Trinajstić information content (AvgIpc) is 2.73. The van der Waals surface area contributed by atoms with Gasteiger partial charge in [-0.05, 0) is 50.3 Å². The van der Waals surface area contributed by atoms with Crippen molar-refractivity contribution in [3.8, 4) is 0 Å². The number of methoxy groups -OCH3 is 1. The molecule has 0 aromatic carbocycles. The van der Waals surface area contributed by atoms with Gasteiger partial charge in [0.25, 0.3) is 0 Å². The highest BCUT2D eigenvalue weighted by Gasteiger charge is 2.79. The molecule has 0 aromatic rings. The summed E-state index contributed by atoms with van der Waals surface area (Å²) >= 11 is 0. The lowest BCUT2D eigenvalue weighted by Gasteiger charge is -2.57. The highest BCUT2D eigenvalue weighted by Crippen LogP contribution is 2.73. The van der Waals surface area contributed by atoms with Crippen LogP contribution >= 0.6 is 0 Å². The molecule has 0 amide bonds. The Morgan fingerprint density at radius 2 is 1.81 bits per heavy atom. The van der Waals surface area contributed by atoms with Crippen LogP contribution in [0.1, 0.15) is 47.5 Å². The lowest BCUT2D eigenvalue weighted by molar-refractivity contribution is -0.174. The summed E-state index contributed by atoms with van der Waals surface area (Å²) < 4.78 is 10.6. The van der Waals surface area contributed by atoms with E-state index in [2.05, 4.69) is 6.58 Å². The SMILES string of the molecule is C=C1C2(C)CC3C(C)(O)C4=CC(=O)OC(C)(C)C4=CCC3(C)C1(C(=O)OC)C(=O)C2O. The largest absolute Gasteiger partial charge is 0.468 e. The van der Waals surface area contributed by atoms with E-state index in [0.717, 1.165) is 0 Å². The lowest BCUT2D eigenvalue weighted by atomic mass is 9.45. The number of cyclic esters (lactones) is 1. The first-order valence-corrected chi connectivity index (χ1v) is 10.5. The standard InChI is InChI=1S/C24H30O7/c1-12-21(4)11-15-22(5,24(12,19(28)30-7)18(27)17(21)26)9-8-13-14(23(15,6)29)10-16(25)31-20(13,2)3/h8,10,15,17,26,29H,1,9,11H2,2-7H3. The number of carbonyl (C=O) groups excluding carboxylic acids is 3. The van der Waals surface area contributed by atoms with Gasteiger partial charge in [0, 0.05) is 22.8 Å². The molecule has 168 valence electrons. The molecule has 4 aliphatic rings. The number of Topliss-reactive ketones (excluding diaryl/α,β-unsaturated/α-hetero) is 1. The second-order valence-electron chi connectivity index (χ2n) is 10.5. The van der Waals surface area contributed by atoms with Crippen LogP contribution < -0.4 is 0 Å². The molecule has 2 saturated carbocycles. The van der Waals surface area contributed by atoms with E-state index in [1.165, 1.54) is 13.2 Å². The summed E-state index contributed by atoms with van der Waals surface area (Å²) in [6.45, 7) is 12.7. The summed E-state index contributed by atoms with van der Waals surface area (Å²) in [6.07, 6.45) is 2.13. The molecule has 0 aromatic heterocycles. The first-order chi connectivity index (χ1) is 14.1. The lowest BCUT2D eigenvalue weighted by Crippen LogP contribution is -2.62. The third-order valence-electron chi connectivity index (χ3n) is 8.62. The van der Waals surface area contributed by atoms with E-state index in [1.54, 1.807) is 34.6 Å². The fourth-order valence-electron chi connectivity index (χ4n) is 6.86. The van der Waals surface area contributed by atoms with Crippen LogP contribution in [0, 0.1) is 22.2 Å². The molecule has 6 unspecified atom stereocenters. The molecule has 4 rings (SSSR count). The van der Waals surface area contributed by atoms with Crippen LogP contribution in [0.25, 0.3) is 0 Å². The third-order valence-corrected chi connectivity index (χ3v) is 8.62. The van der Waals surface area contributed by atoms with Crippen molar-refractivity contribution in [2.75, 3.05) is 7.11 Å². The Balaban J connectivity index is 2.07. The molecule has 7 heteroatoms. The minimum absolute atomic E-state index is 0.217. The van der Waals surface area contributed by atoms with Crippen LogP contribution in [-0.4, -0.2) is 52.4 Å². The zero-order valence-electron chi connectivity index (χ0n) is 18.9. The number of carbonyl (C=O) groups is 3. The third kappa shape index (κ3) is 2.23. The normalized spacial score (nSPS) is 45.6. The fourth-order valence-corrected chi connectivity index (χ4v) is 6.86. The molecule has 3 aliphatic carbocycles. The van der Waals surface area contributed by atoms with Gasteiger partial charge in [-0.1, -0.05) is 26.5 Å². The van der Waals surface area contributed by atoms with E-state index in [9.17, 15) is 24.6 Å². The minimum atomic E-state index is -1.82. The van der Waals surface area contributed by atoms with Crippen molar-refractivity contribution >= 4 is 17.7 Å². The first-order valence-electron chi connectivity index (χ1n) is 10.5. The molecular formula is C24H30O7. The van der Waals surface area contributed by atoms with Gasteiger partial charge in [-0.3, -0.25) is 9.59 Å². The fraction of sp³-hybridized carbons (Fsp3) is 0.625. The number of hydrogen-bond donors (Lipinski definition) is 2. The maximum absolute atomic E-state index is 13.6. The van der Waals surface area contributed by atoms with Gasteiger partial charge in [0.05, 0.1) is 12.7 Å². The number of esters is 2. The maximum Gasteiger partial charge on any atom is 0.332 e. The second-order valence-corrected chi connectivity index (χ2v) is 10.5. The van der Waals surface area contributed by atoms with Crippen molar-refractivity contribution in [2.24, 2.45) is 22.2 Å².